The first-order valence-electron chi connectivity index (χ1n) is 14.0. The zero-order valence-corrected chi connectivity index (χ0v) is 21.4. The number of rotatable bonds is 10. The van der Waals surface area contributed by atoms with Crippen LogP contribution in [-0.2, 0) is 25.4 Å². The summed E-state index contributed by atoms with van der Waals surface area (Å²) in [6.45, 7) is 11.7. The van der Waals surface area contributed by atoms with E-state index in [9.17, 15) is 0 Å². The predicted octanol–water partition coefficient (Wildman–Crippen LogP) is 2.13. The monoisotopic (exact) mass is 504 g/mol. The van der Waals surface area contributed by atoms with Crippen LogP contribution in [0.15, 0.2) is 36.4 Å². The van der Waals surface area contributed by atoms with E-state index in [4.69, 9.17) is 18.9 Å². The van der Waals surface area contributed by atoms with Crippen molar-refractivity contribution in [3.63, 3.8) is 0 Å². The third kappa shape index (κ3) is 5.00. The largest absolute Gasteiger partial charge is 0.371 e. The SMILES string of the molecule is c1cc2c(cc1Cc1ccc3c(c1)N(CC1CO1)CCN3CC1CO1)N(CC1CO1)CCN2CC1CO1. The summed E-state index contributed by atoms with van der Waals surface area (Å²) in [5.41, 5.74) is 8.10. The van der Waals surface area contributed by atoms with E-state index in [1.165, 1.54) is 33.9 Å². The lowest BCUT2D eigenvalue weighted by Gasteiger charge is -2.39. The van der Waals surface area contributed by atoms with Gasteiger partial charge in [-0.3, -0.25) is 0 Å². The van der Waals surface area contributed by atoms with E-state index in [0.29, 0.717) is 24.4 Å². The zero-order chi connectivity index (χ0) is 24.3. The molecule has 0 spiro atoms. The Morgan fingerprint density at radius 2 is 0.811 bits per heavy atom. The molecule has 2 aromatic carbocycles. The van der Waals surface area contributed by atoms with Crippen molar-refractivity contribution < 1.29 is 18.9 Å². The van der Waals surface area contributed by atoms with Crippen molar-refractivity contribution in [3.05, 3.63) is 47.5 Å². The van der Waals surface area contributed by atoms with E-state index in [-0.39, 0.29) is 0 Å². The molecule has 0 N–H and O–H groups in total. The van der Waals surface area contributed by atoms with Gasteiger partial charge in [-0.1, -0.05) is 12.1 Å². The lowest BCUT2D eigenvalue weighted by atomic mass is 9.99. The summed E-state index contributed by atoms with van der Waals surface area (Å²) in [4.78, 5) is 10.1. The van der Waals surface area contributed by atoms with Gasteiger partial charge in [0.05, 0.1) is 73.6 Å². The Morgan fingerprint density at radius 3 is 1.14 bits per heavy atom. The van der Waals surface area contributed by atoms with Crippen LogP contribution in [0.2, 0.25) is 0 Å². The topological polar surface area (TPSA) is 63.1 Å². The van der Waals surface area contributed by atoms with Crippen molar-refractivity contribution >= 4 is 22.7 Å². The van der Waals surface area contributed by atoms with Crippen molar-refractivity contribution in [2.75, 3.05) is 98.4 Å². The van der Waals surface area contributed by atoms with Crippen LogP contribution in [0.25, 0.3) is 0 Å². The minimum atomic E-state index is 0.390. The van der Waals surface area contributed by atoms with E-state index in [0.717, 1.165) is 85.2 Å². The minimum Gasteiger partial charge on any atom is -0.371 e. The third-order valence-electron chi connectivity index (χ3n) is 8.44. The van der Waals surface area contributed by atoms with E-state index >= 15 is 0 Å². The summed E-state index contributed by atoms with van der Waals surface area (Å²) in [7, 11) is 0. The Labute approximate surface area is 218 Å². The average Bonchev–Trinajstić information content (AvgIpc) is 3.73. The summed E-state index contributed by atoms with van der Waals surface area (Å²) < 4.78 is 22.3. The number of nitrogens with zero attached hydrogens (tertiary/aromatic N) is 4. The van der Waals surface area contributed by atoms with Gasteiger partial charge in [0.1, 0.15) is 0 Å². The molecule has 4 atom stereocenters. The second-order valence-electron chi connectivity index (χ2n) is 11.4. The lowest BCUT2D eigenvalue weighted by molar-refractivity contribution is 0.400. The summed E-state index contributed by atoms with van der Waals surface area (Å²) >= 11 is 0. The van der Waals surface area contributed by atoms with Gasteiger partial charge < -0.3 is 38.5 Å². The van der Waals surface area contributed by atoms with Crippen molar-refractivity contribution in [1.29, 1.82) is 0 Å². The molecule has 8 heteroatoms. The smallest absolute Gasteiger partial charge is 0.0984 e. The second-order valence-corrected chi connectivity index (χ2v) is 11.4. The number of benzene rings is 2. The van der Waals surface area contributed by atoms with Crippen LogP contribution in [0, 0.1) is 0 Å². The molecule has 4 saturated heterocycles. The Bertz CT molecular complexity index is 1070. The minimum absolute atomic E-state index is 0.390. The van der Waals surface area contributed by atoms with Gasteiger partial charge in [-0.25, -0.2) is 0 Å². The van der Waals surface area contributed by atoms with Crippen molar-refractivity contribution in [2.24, 2.45) is 0 Å². The predicted molar refractivity (Wildman–Crippen MR) is 144 cm³/mol. The molecule has 0 radical (unpaired) electrons. The first kappa shape index (κ1) is 22.5. The van der Waals surface area contributed by atoms with Crippen LogP contribution in [0.4, 0.5) is 22.7 Å². The lowest BCUT2D eigenvalue weighted by Crippen LogP contribution is -2.44. The Morgan fingerprint density at radius 1 is 0.486 bits per heavy atom. The summed E-state index contributed by atoms with van der Waals surface area (Å²) in [6.07, 6.45) is 2.51. The zero-order valence-electron chi connectivity index (χ0n) is 21.4. The Balaban J connectivity index is 1.06. The summed E-state index contributed by atoms with van der Waals surface area (Å²) in [5, 5.41) is 0. The molecule has 8 nitrogen and oxygen atoms in total. The van der Waals surface area contributed by atoms with Crippen LogP contribution in [0.5, 0.6) is 0 Å². The van der Waals surface area contributed by atoms with Gasteiger partial charge >= 0.3 is 0 Å². The molecular weight excluding hydrogens is 468 g/mol. The van der Waals surface area contributed by atoms with Crippen LogP contribution >= 0.6 is 0 Å². The van der Waals surface area contributed by atoms with Gasteiger partial charge in [0.2, 0.25) is 0 Å². The van der Waals surface area contributed by atoms with Gasteiger partial charge in [-0.2, -0.15) is 0 Å². The van der Waals surface area contributed by atoms with Crippen molar-refractivity contribution in [2.45, 2.75) is 30.8 Å². The van der Waals surface area contributed by atoms with E-state index < -0.39 is 0 Å². The maximum absolute atomic E-state index is 5.58. The first-order valence-corrected chi connectivity index (χ1v) is 14.0. The standard InChI is InChI=1S/C29H36N4O4/c1-3-26-28(32(14-24-18-36-24)7-5-30(26)12-22-16-34-22)10-20(1)9-21-2-4-27-29(11-21)33(15-25-19-37-25)8-6-31(27)13-23-17-35-23/h1-4,10-11,22-25H,5-9,12-19H2. The molecular formula is C29H36N4O4. The molecule has 2 aromatic rings. The highest BCUT2D eigenvalue weighted by atomic mass is 16.6. The number of ether oxygens (including phenoxy) is 4. The fourth-order valence-electron chi connectivity index (χ4n) is 6.04. The number of epoxide rings is 4. The highest BCUT2D eigenvalue weighted by Gasteiger charge is 2.34. The normalized spacial score (nSPS) is 29.2. The van der Waals surface area contributed by atoms with E-state index in [2.05, 4.69) is 56.0 Å². The van der Waals surface area contributed by atoms with Gasteiger partial charge in [-0.15, -0.1) is 0 Å². The molecule has 0 aromatic heterocycles. The van der Waals surface area contributed by atoms with Crippen LogP contribution in [-0.4, -0.2) is 103 Å². The van der Waals surface area contributed by atoms with E-state index in [1.54, 1.807) is 0 Å². The van der Waals surface area contributed by atoms with Gasteiger partial charge in [0.25, 0.3) is 0 Å². The highest BCUT2D eigenvalue weighted by Crippen LogP contribution is 2.39. The van der Waals surface area contributed by atoms with Gasteiger partial charge in [-0.05, 0) is 41.8 Å². The molecule has 196 valence electrons. The fraction of sp³-hybridized carbons (Fsp3) is 0.586. The number of anilines is 4. The Kier molecular flexibility index (Phi) is 5.49. The third-order valence-corrected chi connectivity index (χ3v) is 8.44. The van der Waals surface area contributed by atoms with Gasteiger partial charge in [0, 0.05) is 52.4 Å². The number of hydrogen-bond donors (Lipinski definition) is 0. The molecule has 0 aliphatic carbocycles. The molecule has 6 heterocycles. The van der Waals surface area contributed by atoms with Crippen molar-refractivity contribution in [1.82, 2.24) is 0 Å². The summed E-state index contributed by atoms with van der Waals surface area (Å²) in [6, 6.07) is 14.2. The van der Waals surface area contributed by atoms with Crippen LogP contribution in [0.1, 0.15) is 11.1 Å². The van der Waals surface area contributed by atoms with Crippen LogP contribution < -0.4 is 19.6 Å². The molecule has 0 amide bonds. The quantitative estimate of drug-likeness (QED) is 0.456. The highest BCUT2D eigenvalue weighted by molar-refractivity contribution is 5.76. The molecule has 0 bridgehead atoms. The van der Waals surface area contributed by atoms with Crippen LogP contribution in [0.3, 0.4) is 0 Å². The maximum atomic E-state index is 5.58. The number of hydrogen-bond acceptors (Lipinski definition) is 8. The molecule has 4 fully saturated rings. The van der Waals surface area contributed by atoms with Crippen molar-refractivity contribution in [3.8, 4) is 0 Å². The molecule has 8 rings (SSSR count). The first-order chi connectivity index (χ1) is 18.2. The fourth-order valence-corrected chi connectivity index (χ4v) is 6.04. The maximum Gasteiger partial charge on any atom is 0.0984 e. The second kappa shape index (κ2) is 9.05. The van der Waals surface area contributed by atoms with Gasteiger partial charge in [0.15, 0.2) is 0 Å². The molecule has 37 heavy (non-hydrogen) atoms. The molecule has 0 saturated carbocycles. The Hall–Kier alpha value is -2.52. The average molecular weight is 505 g/mol. The summed E-state index contributed by atoms with van der Waals surface area (Å²) in [5.74, 6) is 0. The van der Waals surface area contributed by atoms with E-state index in [1.807, 2.05) is 0 Å². The molecule has 6 aliphatic heterocycles. The number of fused-ring (bicyclic) bond motifs is 2. The molecule has 4 unspecified atom stereocenters. The molecule has 6 aliphatic rings.